The number of rotatable bonds is 7. The third-order valence-corrected chi connectivity index (χ3v) is 5.57. The van der Waals surface area contributed by atoms with Crippen LogP contribution in [0.5, 0.6) is 5.75 Å². The first kappa shape index (κ1) is 25.4. The van der Waals surface area contributed by atoms with Crippen molar-refractivity contribution in [1.29, 1.82) is 0 Å². The molecule has 0 unspecified atom stereocenters. The number of hydrogen-bond acceptors (Lipinski definition) is 3. The molecule has 2 N–H and O–H groups in total. The number of carboxylic acid groups (broad SMARTS) is 2. The first-order chi connectivity index (χ1) is 17.5. The van der Waals surface area contributed by atoms with E-state index in [-0.39, 0.29) is 40.2 Å². The van der Waals surface area contributed by atoms with E-state index in [4.69, 9.17) is 4.74 Å². The van der Waals surface area contributed by atoms with Crippen LogP contribution in [0.1, 0.15) is 31.8 Å². The van der Waals surface area contributed by atoms with E-state index in [1.807, 2.05) is 0 Å². The quantitative estimate of drug-likeness (QED) is 0.258. The molecule has 0 atom stereocenters. The molecule has 4 rings (SSSR count). The number of benzene rings is 4. The molecular weight excluding hydrogens is 492 g/mol. The monoisotopic (exact) mass is 510 g/mol. The van der Waals surface area contributed by atoms with Crippen LogP contribution in [0.15, 0.2) is 84.9 Å². The Labute approximate surface area is 208 Å². The van der Waals surface area contributed by atoms with Crippen LogP contribution in [0.4, 0.5) is 17.6 Å². The summed E-state index contributed by atoms with van der Waals surface area (Å²) >= 11 is 0. The zero-order valence-electron chi connectivity index (χ0n) is 18.9. The molecule has 0 fully saturated rings. The highest BCUT2D eigenvalue weighted by molar-refractivity contribution is 5.97. The molecule has 0 saturated carbocycles. The second-order valence-electron chi connectivity index (χ2n) is 8.08. The Kier molecular flexibility index (Phi) is 6.97. The van der Waals surface area contributed by atoms with E-state index in [2.05, 4.69) is 0 Å². The first-order valence-electron chi connectivity index (χ1n) is 10.8. The fourth-order valence-corrected chi connectivity index (χ4v) is 3.78. The molecule has 0 heterocycles. The van der Waals surface area contributed by atoms with Crippen molar-refractivity contribution in [2.24, 2.45) is 0 Å². The highest BCUT2D eigenvalue weighted by atomic mass is 19.4. The summed E-state index contributed by atoms with van der Waals surface area (Å²) in [4.78, 5) is 23.2. The number of alkyl halides is 3. The van der Waals surface area contributed by atoms with Gasteiger partial charge in [-0.05, 0) is 70.8 Å². The minimum atomic E-state index is -4.65. The maximum atomic E-state index is 13.6. The molecule has 0 radical (unpaired) electrons. The van der Waals surface area contributed by atoms with Crippen LogP contribution in [0.2, 0.25) is 0 Å². The lowest BCUT2D eigenvalue weighted by molar-refractivity contribution is -0.137. The smallest absolute Gasteiger partial charge is 0.416 e. The summed E-state index contributed by atoms with van der Waals surface area (Å²) in [7, 11) is 0. The van der Waals surface area contributed by atoms with Crippen molar-refractivity contribution < 1.29 is 42.1 Å². The first-order valence-corrected chi connectivity index (χ1v) is 10.8. The van der Waals surface area contributed by atoms with E-state index in [9.17, 15) is 37.4 Å². The molecule has 188 valence electrons. The van der Waals surface area contributed by atoms with Crippen molar-refractivity contribution in [1.82, 2.24) is 0 Å². The summed E-state index contributed by atoms with van der Waals surface area (Å²) in [5.74, 6) is -3.07. The molecular formula is C28H18F4O5. The van der Waals surface area contributed by atoms with E-state index in [1.54, 1.807) is 18.2 Å². The molecule has 0 saturated heterocycles. The summed E-state index contributed by atoms with van der Waals surface area (Å²) in [6.45, 7) is -0.0571. The molecule has 0 aliphatic carbocycles. The molecule has 0 aliphatic rings. The molecule has 0 bridgehead atoms. The van der Waals surface area contributed by atoms with Gasteiger partial charge in [0.25, 0.3) is 0 Å². The topological polar surface area (TPSA) is 83.8 Å². The molecule has 4 aromatic rings. The Morgan fingerprint density at radius 1 is 0.730 bits per heavy atom. The normalized spacial score (nSPS) is 11.2. The molecule has 0 aromatic heterocycles. The van der Waals surface area contributed by atoms with Gasteiger partial charge in [-0.3, -0.25) is 0 Å². The predicted octanol–water partition coefficient (Wildman–Crippen LogP) is 7.15. The van der Waals surface area contributed by atoms with E-state index < -0.39 is 29.5 Å². The van der Waals surface area contributed by atoms with Crippen molar-refractivity contribution in [3.05, 3.63) is 113 Å². The maximum absolute atomic E-state index is 13.6. The minimum Gasteiger partial charge on any atom is -0.488 e. The fraction of sp³-hybridized carbons (Fsp3) is 0.0714. The highest BCUT2D eigenvalue weighted by Crippen LogP contribution is 2.41. The van der Waals surface area contributed by atoms with Crippen molar-refractivity contribution in [2.75, 3.05) is 0 Å². The maximum Gasteiger partial charge on any atom is 0.416 e. The average molecular weight is 510 g/mol. The van der Waals surface area contributed by atoms with Crippen molar-refractivity contribution >= 4 is 11.9 Å². The van der Waals surface area contributed by atoms with Crippen LogP contribution in [0.3, 0.4) is 0 Å². The molecule has 37 heavy (non-hydrogen) atoms. The van der Waals surface area contributed by atoms with Crippen molar-refractivity contribution in [3.63, 3.8) is 0 Å². The van der Waals surface area contributed by atoms with Gasteiger partial charge in [-0.1, -0.05) is 36.4 Å². The molecule has 5 nitrogen and oxygen atoms in total. The number of halogens is 4. The number of aromatic carboxylic acids is 2. The van der Waals surface area contributed by atoms with Gasteiger partial charge in [-0.25, -0.2) is 14.0 Å². The third kappa shape index (κ3) is 5.78. The lowest BCUT2D eigenvalue weighted by atomic mass is 9.91. The Morgan fingerprint density at radius 3 is 1.89 bits per heavy atom. The Bertz CT molecular complexity index is 1440. The SMILES string of the molecule is O=C(O)c1cc(C(=O)O)cc(-c2ccccc2-c2cc(C(F)(F)F)ccc2OCc2ccc(F)cc2)c1. The predicted molar refractivity (Wildman–Crippen MR) is 127 cm³/mol. The Hall–Kier alpha value is -4.66. The van der Waals surface area contributed by atoms with Gasteiger partial charge in [0, 0.05) is 5.56 Å². The lowest BCUT2D eigenvalue weighted by Gasteiger charge is -2.18. The van der Waals surface area contributed by atoms with Gasteiger partial charge in [0.1, 0.15) is 18.2 Å². The van der Waals surface area contributed by atoms with Crippen LogP contribution in [-0.2, 0) is 12.8 Å². The van der Waals surface area contributed by atoms with Crippen molar-refractivity contribution in [3.8, 4) is 28.0 Å². The van der Waals surface area contributed by atoms with Gasteiger partial charge in [0.2, 0.25) is 0 Å². The molecule has 4 aromatic carbocycles. The van der Waals surface area contributed by atoms with Gasteiger partial charge in [0.05, 0.1) is 16.7 Å². The zero-order chi connectivity index (χ0) is 26.7. The van der Waals surface area contributed by atoms with Crippen LogP contribution in [-0.4, -0.2) is 22.2 Å². The summed E-state index contributed by atoms with van der Waals surface area (Å²) in [5, 5.41) is 18.9. The molecule has 0 spiro atoms. The van der Waals surface area contributed by atoms with Crippen LogP contribution < -0.4 is 4.74 Å². The summed E-state index contributed by atoms with van der Waals surface area (Å²) < 4.78 is 59.9. The van der Waals surface area contributed by atoms with Gasteiger partial charge in [-0.2, -0.15) is 13.2 Å². The third-order valence-electron chi connectivity index (χ3n) is 5.57. The Morgan fingerprint density at radius 2 is 1.32 bits per heavy atom. The molecule has 0 amide bonds. The highest BCUT2D eigenvalue weighted by Gasteiger charge is 2.31. The summed E-state index contributed by atoms with van der Waals surface area (Å²) in [5.41, 5.74) is -0.110. The van der Waals surface area contributed by atoms with E-state index in [0.29, 0.717) is 11.1 Å². The summed E-state index contributed by atoms with van der Waals surface area (Å²) in [6, 6.07) is 18.2. The molecule has 9 heteroatoms. The second kappa shape index (κ2) is 10.1. The van der Waals surface area contributed by atoms with Gasteiger partial charge in [-0.15, -0.1) is 0 Å². The summed E-state index contributed by atoms with van der Waals surface area (Å²) in [6.07, 6.45) is -4.65. The fourth-order valence-electron chi connectivity index (χ4n) is 3.78. The molecule has 0 aliphatic heterocycles. The van der Waals surface area contributed by atoms with Crippen molar-refractivity contribution in [2.45, 2.75) is 12.8 Å². The van der Waals surface area contributed by atoms with Gasteiger partial charge in [0.15, 0.2) is 0 Å². The Balaban J connectivity index is 1.87. The minimum absolute atomic E-state index is 0.0571. The number of hydrogen-bond donors (Lipinski definition) is 2. The van der Waals surface area contributed by atoms with E-state index >= 15 is 0 Å². The number of carbonyl (C=O) groups is 2. The second-order valence-corrected chi connectivity index (χ2v) is 8.08. The van der Waals surface area contributed by atoms with E-state index in [0.717, 1.165) is 18.2 Å². The van der Waals surface area contributed by atoms with E-state index in [1.165, 1.54) is 48.5 Å². The number of ether oxygens (including phenoxy) is 1. The standard InChI is InChI=1S/C28H18F4O5/c29-21-8-5-16(6-9-21)15-37-25-10-7-20(28(30,31)32)14-24(25)23-4-2-1-3-22(23)17-11-18(26(33)34)13-19(12-17)27(35)36/h1-14H,15H2,(H,33,34)(H,35,36). The largest absolute Gasteiger partial charge is 0.488 e. The van der Waals surface area contributed by atoms with Crippen LogP contribution in [0, 0.1) is 5.82 Å². The van der Waals surface area contributed by atoms with Crippen LogP contribution in [0.25, 0.3) is 22.3 Å². The lowest BCUT2D eigenvalue weighted by Crippen LogP contribution is -2.06. The number of carboxylic acids is 2. The average Bonchev–Trinajstić information content (AvgIpc) is 2.87. The zero-order valence-corrected chi connectivity index (χ0v) is 18.9. The van der Waals surface area contributed by atoms with Gasteiger partial charge >= 0.3 is 18.1 Å². The van der Waals surface area contributed by atoms with Gasteiger partial charge < -0.3 is 14.9 Å². The van der Waals surface area contributed by atoms with Crippen LogP contribution >= 0.6 is 0 Å².